The van der Waals surface area contributed by atoms with Gasteiger partial charge in [0.25, 0.3) is 0 Å². The molecule has 1 spiro atoms. The van der Waals surface area contributed by atoms with Gasteiger partial charge in [-0.3, -0.25) is 0 Å². The lowest BCUT2D eigenvalue weighted by atomic mass is 9.89. The third-order valence-electron chi connectivity index (χ3n) is 7.46. The van der Waals surface area contributed by atoms with Crippen LogP contribution in [0.1, 0.15) is 43.8 Å². The number of fused-ring (bicyclic) bond motifs is 1. The number of amidine groups is 1. The van der Waals surface area contributed by atoms with Gasteiger partial charge >= 0.3 is 5.48 Å². The highest BCUT2D eigenvalue weighted by molar-refractivity contribution is 6.09. The van der Waals surface area contributed by atoms with Crippen LogP contribution in [-0.2, 0) is 14.2 Å². The number of ether oxygens (including phenoxy) is 3. The van der Waals surface area contributed by atoms with E-state index in [0.717, 1.165) is 36.9 Å². The maximum Gasteiger partial charge on any atom is 0.311 e. The van der Waals surface area contributed by atoms with E-state index >= 15 is 0 Å². The number of hydrogen-bond acceptors (Lipinski definition) is 7. The lowest BCUT2D eigenvalue weighted by Gasteiger charge is -2.34. The smallest absolute Gasteiger partial charge is 0.311 e. The zero-order valence-corrected chi connectivity index (χ0v) is 20.1. The fraction of sp³-hybridized carbons (Fsp3) is 0.625. The van der Waals surface area contributed by atoms with Crippen LogP contribution in [0.4, 0.5) is 16.2 Å². The van der Waals surface area contributed by atoms with Crippen molar-refractivity contribution in [2.24, 2.45) is 10.1 Å². The molecule has 35 heavy (non-hydrogen) atoms. The van der Waals surface area contributed by atoms with E-state index in [1.54, 1.807) is 19.4 Å². The zero-order valence-electron chi connectivity index (χ0n) is 20.1. The molecule has 186 valence electrons. The zero-order chi connectivity index (χ0) is 24.0. The van der Waals surface area contributed by atoms with Crippen molar-refractivity contribution < 1.29 is 23.0 Å². The highest BCUT2D eigenvalue weighted by Crippen LogP contribution is 2.40. The maximum atomic E-state index is 14.3. The lowest BCUT2D eigenvalue weighted by molar-refractivity contribution is -0.552. The summed E-state index contributed by atoms with van der Waals surface area (Å²) in [5, 5.41) is 4.66. The van der Waals surface area contributed by atoms with Gasteiger partial charge in [0.1, 0.15) is 17.9 Å². The first-order chi connectivity index (χ1) is 17.0. The highest BCUT2D eigenvalue weighted by Gasteiger charge is 2.42. The number of aliphatic imine (C=N–C) groups is 1. The Labute approximate surface area is 202 Å². The standard InChI is InChI=1S/C24H31FN7O3/c1-16-14-31-22(32(16)17-3-7-24(8-4-17)34-11-12-35-24)13-21(29-31)27-20-5-9-26-23(28-20)30-10-6-19(33-2)18(25)15-30/h5,9,13-14,17-19H,3-4,6-8,10-12,15H2,1-2H3/q+1/t18-,19+/m0/s1. The molecule has 0 aromatic carbocycles. The normalized spacial score (nSPS) is 27.3. The van der Waals surface area contributed by atoms with Crippen molar-refractivity contribution in [3.8, 4) is 0 Å². The molecule has 0 N–H and O–H groups in total. The van der Waals surface area contributed by atoms with Crippen molar-refractivity contribution in [1.29, 1.82) is 0 Å². The Morgan fingerprint density at radius 3 is 2.77 bits per heavy atom. The summed E-state index contributed by atoms with van der Waals surface area (Å²) < 4.78 is 35.6. The number of imidazole rings is 1. The summed E-state index contributed by atoms with van der Waals surface area (Å²) in [6.07, 6.45) is 8.62. The minimum absolute atomic E-state index is 0.207. The minimum atomic E-state index is -1.07. The SMILES string of the molecule is CO[C@@H]1CCN(c2nccc(N=C3C=c4n(C5CCC6(CC5)OCCO6)c(C)c[n+]4=N3)n2)C[C@@H]1F. The fourth-order valence-electron chi connectivity index (χ4n) is 5.68. The van der Waals surface area contributed by atoms with Gasteiger partial charge in [0.2, 0.25) is 11.8 Å². The lowest BCUT2D eigenvalue weighted by Crippen LogP contribution is -2.46. The van der Waals surface area contributed by atoms with Crippen LogP contribution >= 0.6 is 0 Å². The van der Waals surface area contributed by atoms with Crippen LogP contribution < -0.4 is 14.7 Å². The van der Waals surface area contributed by atoms with Crippen LogP contribution in [0.5, 0.6) is 0 Å². The topological polar surface area (TPSA) is 92.3 Å². The Kier molecular flexibility index (Phi) is 5.85. The number of nitrogens with zero attached hydrogens (tertiary/aromatic N) is 7. The van der Waals surface area contributed by atoms with Gasteiger partial charge in [-0.05, 0) is 19.3 Å². The largest absolute Gasteiger partial charge is 0.378 e. The van der Waals surface area contributed by atoms with Gasteiger partial charge in [0, 0.05) is 45.7 Å². The Hall–Kier alpha value is -2.76. The van der Waals surface area contributed by atoms with E-state index < -0.39 is 6.17 Å². The molecule has 4 aliphatic rings. The molecule has 0 unspecified atom stereocenters. The second-order valence-electron chi connectivity index (χ2n) is 9.64. The number of alkyl halides is 1. The van der Waals surface area contributed by atoms with Crippen molar-refractivity contribution >= 4 is 23.7 Å². The maximum absolute atomic E-state index is 14.3. The van der Waals surface area contributed by atoms with Gasteiger partial charge < -0.3 is 19.1 Å². The van der Waals surface area contributed by atoms with Crippen LogP contribution in [0.3, 0.4) is 0 Å². The minimum Gasteiger partial charge on any atom is -0.378 e. The summed E-state index contributed by atoms with van der Waals surface area (Å²) in [4.78, 5) is 15.4. The van der Waals surface area contributed by atoms with Gasteiger partial charge in [-0.1, -0.05) is 9.48 Å². The molecule has 2 atom stereocenters. The molecule has 1 saturated carbocycles. The number of methoxy groups -OCH3 is 1. The first-order valence-electron chi connectivity index (χ1n) is 12.4. The van der Waals surface area contributed by atoms with E-state index in [1.165, 1.54) is 0 Å². The van der Waals surface area contributed by atoms with Crippen molar-refractivity contribution in [3.63, 3.8) is 0 Å². The first-order valence-corrected chi connectivity index (χ1v) is 12.4. The second kappa shape index (κ2) is 9.03. The molecular weight excluding hydrogens is 453 g/mol. The molecule has 1 aliphatic carbocycles. The van der Waals surface area contributed by atoms with Gasteiger partial charge in [-0.2, -0.15) is 4.98 Å². The van der Waals surface area contributed by atoms with Gasteiger partial charge in [0.05, 0.1) is 31.9 Å². The van der Waals surface area contributed by atoms with Crippen molar-refractivity contribution in [1.82, 2.24) is 14.5 Å². The molecule has 0 amide bonds. The van der Waals surface area contributed by atoms with Gasteiger partial charge in [-0.25, -0.2) is 18.9 Å². The number of anilines is 1. The molecule has 3 fully saturated rings. The Bertz CT molecular complexity index is 1250. The summed E-state index contributed by atoms with van der Waals surface area (Å²) in [5.41, 5.74) is 2.17. The van der Waals surface area contributed by atoms with Crippen LogP contribution in [0.25, 0.3) is 6.08 Å². The summed E-state index contributed by atoms with van der Waals surface area (Å²) in [5.74, 6) is 1.17. The van der Waals surface area contributed by atoms with Crippen LogP contribution in [0, 0.1) is 6.92 Å². The first kappa shape index (κ1) is 22.7. The predicted molar refractivity (Wildman–Crippen MR) is 125 cm³/mol. The van der Waals surface area contributed by atoms with Crippen LogP contribution in [-0.4, -0.2) is 71.8 Å². The van der Waals surface area contributed by atoms with Crippen LogP contribution in [0.15, 0.2) is 28.6 Å². The average Bonchev–Trinajstić information content (AvgIpc) is 3.55. The Morgan fingerprint density at radius 1 is 1.23 bits per heavy atom. The number of halogens is 1. The van der Waals surface area contributed by atoms with Crippen molar-refractivity contribution in [2.45, 2.75) is 63.1 Å². The van der Waals surface area contributed by atoms with E-state index in [0.29, 0.717) is 49.8 Å². The van der Waals surface area contributed by atoms with E-state index in [1.807, 2.05) is 21.5 Å². The molecule has 11 heteroatoms. The molecule has 2 aromatic heterocycles. The molecular formula is C24H31FN7O3+. The molecule has 2 saturated heterocycles. The third kappa shape index (κ3) is 4.25. The van der Waals surface area contributed by atoms with E-state index in [4.69, 9.17) is 14.2 Å². The fourth-order valence-corrected chi connectivity index (χ4v) is 5.68. The number of hydrogen-bond donors (Lipinski definition) is 0. The second-order valence-corrected chi connectivity index (χ2v) is 9.64. The Morgan fingerprint density at radius 2 is 2.03 bits per heavy atom. The Balaban J connectivity index is 1.21. The number of piperidine rings is 1. The van der Waals surface area contributed by atoms with Gasteiger partial charge in [0.15, 0.2) is 17.8 Å². The van der Waals surface area contributed by atoms with E-state index in [-0.39, 0.29) is 18.4 Å². The predicted octanol–water partition coefficient (Wildman–Crippen LogP) is 1.85. The highest BCUT2D eigenvalue weighted by atomic mass is 19.1. The molecule has 2 aromatic rings. The van der Waals surface area contributed by atoms with Crippen molar-refractivity contribution in [2.75, 3.05) is 38.3 Å². The van der Waals surface area contributed by atoms with Crippen molar-refractivity contribution in [3.05, 3.63) is 29.6 Å². The summed E-state index contributed by atoms with van der Waals surface area (Å²) in [6, 6.07) is 2.11. The molecule has 10 nitrogen and oxygen atoms in total. The molecule has 0 radical (unpaired) electrons. The van der Waals surface area contributed by atoms with E-state index in [9.17, 15) is 4.39 Å². The summed E-state index contributed by atoms with van der Waals surface area (Å²) in [7, 11) is 1.55. The molecule has 6 rings (SSSR count). The monoisotopic (exact) mass is 484 g/mol. The molecule has 5 heterocycles. The summed E-state index contributed by atoms with van der Waals surface area (Å²) >= 11 is 0. The van der Waals surface area contributed by atoms with Crippen LogP contribution in [0.2, 0.25) is 0 Å². The average molecular weight is 485 g/mol. The van der Waals surface area contributed by atoms with E-state index in [2.05, 4.69) is 31.6 Å². The molecule has 3 aliphatic heterocycles. The molecule has 0 bridgehead atoms. The number of rotatable bonds is 4. The number of aryl methyl sites for hydroxylation is 1. The third-order valence-corrected chi connectivity index (χ3v) is 7.46. The quantitative estimate of drug-likeness (QED) is 0.615. The summed E-state index contributed by atoms with van der Waals surface area (Å²) in [6.45, 7) is 4.34. The number of aromatic nitrogens is 4. The van der Waals surface area contributed by atoms with Gasteiger partial charge in [-0.15, -0.1) is 0 Å².